The number of benzene rings is 1. The number of ether oxygens (including phenoxy) is 1. The van der Waals surface area contributed by atoms with Crippen LogP contribution in [0.2, 0.25) is 0 Å². The lowest BCUT2D eigenvalue weighted by atomic mass is 9.94. The Morgan fingerprint density at radius 3 is 2.47 bits per heavy atom. The zero-order valence-electron chi connectivity index (χ0n) is 18.0. The Labute approximate surface area is 177 Å². The summed E-state index contributed by atoms with van der Waals surface area (Å²) in [6, 6.07) is 5.97. The molecule has 3 amide bonds. The molecule has 1 atom stereocenters. The molecule has 0 bridgehead atoms. The lowest BCUT2D eigenvalue weighted by Crippen LogP contribution is -2.54. The number of rotatable bonds is 8. The zero-order chi connectivity index (χ0) is 21.9. The lowest BCUT2D eigenvalue weighted by Gasteiger charge is -2.34. The Morgan fingerprint density at radius 2 is 1.93 bits per heavy atom. The standard InChI is InChI=1S/C22H32N4O4/c1-22(2,3)14-25(12-15-4-5-15)19(20(23)28)21(29)24-16-6-8-17(9-7-16)26-10-11-30-13-18(26)27/h6-9,15,19H,4-5,10-14H2,1-3H3,(H2,23,28)(H,24,29)/t19-/m1/s1. The predicted molar refractivity (Wildman–Crippen MR) is 115 cm³/mol. The van der Waals surface area contributed by atoms with Gasteiger partial charge in [-0.25, -0.2) is 0 Å². The molecule has 8 heteroatoms. The Bertz CT molecular complexity index is 783. The Morgan fingerprint density at radius 1 is 1.27 bits per heavy atom. The highest BCUT2D eigenvalue weighted by molar-refractivity contribution is 6.09. The van der Waals surface area contributed by atoms with Crippen molar-refractivity contribution in [3.63, 3.8) is 0 Å². The van der Waals surface area contributed by atoms with Crippen LogP contribution in [0.3, 0.4) is 0 Å². The van der Waals surface area contributed by atoms with E-state index < -0.39 is 17.9 Å². The van der Waals surface area contributed by atoms with Gasteiger partial charge in [-0.05, 0) is 48.4 Å². The van der Waals surface area contributed by atoms with Gasteiger partial charge in [-0.2, -0.15) is 0 Å². The zero-order valence-corrected chi connectivity index (χ0v) is 18.0. The fourth-order valence-electron chi connectivity index (χ4n) is 3.70. The van der Waals surface area contributed by atoms with Crippen LogP contribution in [0.4, 0.5) is 11.4 Å². The van der Waals surface area contributed by atoms with E-state index in [2.05, 4.69) is 26.1 Å². The van der Waals surface area contributed by atoms with Gasteiger partial charge in [0, 0.05) is 31.0 Å². The van der Waals surface area contributed by atoms with Crippen LogP contribution in [-0.2, 0) is 19.1 Å². The highest BCUT2D eigenvalue weighted by Crippen LogP contribution is 2.32. The molecule has 1 saturated carbocycles. The maximum Gasteiger partial charge on any atom is 0.253 e. The smallest absolute Gasteiger partial charge is 0.253 e. The molecule has 0 unspecified atom stereocenters. The van der Waals surface area contributed by atoms with Crippen molar-refractivity contribution in [1.82, 2.24) is 4.90 Å². The summed E-state index contributed by atoms with van der Waals surface area (Å²) in [6.07, 6.45) is 2.24. The van der Waals surface area contributed by atoms with E-state index in [9.17, 15) is 14.4 Å². The third kappa shape index (κ3) is 6.03. The molecule has 1 aliphatic carbocycles. The van der Waals surface area contributed by atoms with Gasteiger partial charge in [0.05, 0.1) is 6.61 Å². The first-order chi connectivity index (χ1) is 14.1. The molecule has 3 N–H and O–H groups in total. The first kappa shape index (κ1) is 22.2. The number of nitrogens with two attached hydrogens (primary N) is 1. The number of hydrogen-bond donors (Lipinski definition) is 2. The van der Waals surface area contributed by atoms with Crippen LogP contribution in [0.15, 0.2) is 24.3 Å². The Kier molecular flexibility index (Phi) is 6.77. The number of carbonyl (C=O) groups excluding carboxylic acids is 3. The number of amides is 3. The summed E-state index contributed by atoms with van der Waals surface area (Å²) >= 11 is 0. The van der Waals surface area contributed by atoms with Gasteiger partial charge in [-0.3, -0.25) is 19.3 Å². The monoisotopic (exact) mass is 416 g/mol. The molecule has 8 nitrogen and oxygen atoms in total. The van der Waals surface area contributed by atoms with Crippen LogP contribution in [0.1, 0.15) is 33.6 Å². The average molecular weight is 417 g/mol. The van der Waals surface area contributed by atoms with Gasteiger partial charge in [0.2, 0.25) is 5.91 Å². The normalized spacial score (nSPS) is 18.4. The van der Waals surface area contributed by atoms with Gasteiger partial charge >= 0.3 is 0 Å². The lowest BCUT2D eigenvalue weighted by molar-refractivity contribution is -0.133. The van der Waals surface area contributed by atoms with Crippen LogP contribution in [0.25, 0.3) is 0 Å². The summed E-state index contributed by atoms with van der Waals surface area (Å²) in [5, 5.41) is 2.82. The molecule has 2 aliphatic rings. The SMILES string of the molecule is CC(C)(C)CN(CC1CC1)[C@H](C(N)=O)C(=O)Nc1ccc(N2CCOCC2=O)cc1. The fraction of sp³-hybridized carbons (Fsp3) is 0.591. The van der Waals surface area contributed by atoms with Crippen molar-refractivity contribution < 1.29 is 19.1 Å². The van der Waals surface area contributed by atoms with E-state index in [1.807, 2.05) is 4.90 Å². The predicted octanol–water partition coefficient (Wildman–Crippen LogP) is 1.60. The van der Waals surface area contributed by atoms with Crippen molar-refractivity contribution in [2.45, 2.75) is 39.7 Å². The minimum absolute atomic E-state index is 0.0728. The van der Waals surface area contributed by atoms with Crippen LogP contribution >= 0.6 is 0 Å². The van der Waals surface area contributed by atoms with Gasteiger partial charge in [-0.15, -0.1) is 0 Å². The van der Waals surface area contributed by atoms with Crippen molar-refractivity contribution in [1.29, 1.82) is 0 Å². The molecule has 3 rings (SSSR count). The van der Waals surface area contributed by atoms with E-state index in [-0.39, 0.29) is 17.9 Å². The second kappa shape index (κ2) is 9.14. The molecule has 1 aromatic rings. The van der Waals surface area contributed by atoms with Crippen molar-refractivity contribution >= 4 is 29.1 Å². The largest absolute Gasteiger partial charge is 0.370 e. The molecule has 2 fully saturated rings. The van der Waals surface area contributed by atoms with E-state index in [4.69, 9.17) is 10.5 Å². The van der Waals surface area contributed by atoms with Gasteiger partial charge < -0.3 is 20.7 Å². The molecule has 1 saturated heterocycles. The summed E-state index contributed by atoms with van der Waals surface area (Å²) in [5.74, 6) is -0.646. The van der Waals surface area contributed by atoms with E-state index in [0.29, 0.717) is 37.8 Å². The highest BCUT2D eigenvalue weighted by atomic mass is 16.5. The molecule has 164 valence electrons. The van der Waals surface area contributed by atoms with E-state index >= 15 is 0 Å². The molecule has 1 heterocycles. The Hall–Kier alpha value is -2.45. The molecule has 0 aromatic heterocycles. The first-order valence-corrected chi connectivity index (χ1v) is 10.5. The molecule has 30 heavy (non-hydrogen) atoms. The van der Waals surface area contributed by atoms with E-state index in [0.717, 1.165) is 18.5 Å². The molecule has 0 spiro atoms. The molecule has 1 aromatic carbocycles. The number of nitrogens with one attached hydrogen (secondary N) is 1. The van der Waals surface area contributed by atoms with Crippen LogP contribution in [0, 0.1) is 11.3 Å². The molecular formula is C22H32N4O4. The first-order valence-electron chi connectivity index (χ1n) is 10.5. The maximum absolute atomic E-state index is 13.0. The van der Waals surface area contributed by atoms with Crippen molar-refractivity contribution in [3.8, 4) is 0 Å². The van der Waals surface area contributed by atoms with Gasteiger partial charge in [0.25, 0.3) is 11.8 Å². The Balaban J connectivity index is 1.70. The molecule has 0 radical (unpaired) electrons. The highest BCUT2D eigenvalue weighted by Gasteiger charge is 2.37. The molecular weight excluding hydrogens is 384 g/mol. The number of anilines is 2. The minimum atomic E-state index is -1.02. The topological polar surface area (TPSA) is 105 Å². The van der Waals surface area contributed by atoms with Gasteiger partial charge in [-0.1, -0.05) is 20.8 Å². The quantitative estimate of drug-likeness (QED) is 0.627. The van der Waals surface area contributed by atoms with Crippen molar-refractivity contribution in [2.75, 3.05) is 43.1 Å². The van der Waals surface area contributed by atoms with Crippen LogP contribution in [0.5, 0.6) is 0 Å². The third-order valence-electron chi connectivity index (χ3n) is 5.18. The second-order valence-corrected chi connectivity index (χ2v) is 9.37. The van der Waals surface area contributed by atoms with Crippen LogP contribution in [-0.4, -0.2) is 61.5 Å². The van der Waals surface area contributed by atoms with Crippen molar-refractivity contribution in [3.05, 3.63) is 24.3 Å². The number of nitrogens with zero attached hydrogens (tertiary/aromatic N) is 2. The summed E-state index contributed by atoms with van der Waals surface area (Å²) in [4.78, 5) is 40.8. The number of morpholine rings is 1. The maximum atomic E-state index is 13.0. The van der Waals surface area contributed by atoms with E-state index in [1.54, 1.807) is 29.2 Å². The van der Waals surface area contributed by atoms with Crippen LogP contribution < -0.4 is 16.0 Å². The number of carbonyl (C=O) groups is 3. The van der Waals surface area contributed by atoms with Gasteiger partial charge in [0.15, 0.2) is 6.04 Å². The summed E-state index contributed by atoms with van der Waals surface area (Å²) < 4.78 is 5.15. The summed E-state index contributed by atoms with van der Waals surface area (Å²) in [5.41, 5.74) is 6.87. The van der Waals surface area contributed by atoms with E-state index in [1.165, 1.54) is 0 Å². The summed E-state index contributed by atoms with van der Waals surface area (Å²) in [7, 11) is 0. The third-order valence-corrected chi connectivity index (χ3v) is 5.18. The number of hydrogen-bond acceptors (Lipinski definition) is 5. The average Bonchev–Trinajstić information content (AvgIpc) is 3.45. The molecule has 1 aliphatic heterocycles. The van der Waals surface area contributed by atoms with Gasteiger partial charge in [0.1, 0.15) is 6.61 Å². The fourth-order valence-corrected chi connectivity index (χ4v) is 3.70. The number of primary amides is 1. The minimum Gasteiger partial charge on any atom is -0.370 e. The van der Waals surface area contributed by atoms with Crippen molar-refractivity contribution in [2.24, 2.45) is 17.1 Å². The second-order valence-electron chi connectivity index (χ2n) is 9.37. The summed E-state index contributed by atoms with van der Waals surface area (Å²) in [6.45, 7) is 8.59.